The first-order valence-electron chi connectivity index (χ1n) is 15.1. The van der Waals surface area contributed by atoms with Gasteiger partial charge in [-0.2, -0.15) is 0 Å². The molecule has 0 aliphatic rings. The van der Waals surface area contributed by atoms with Crippen LogP contribution < -0.4 is 4.74 Å². The molecule has 4 heterocycles. The second-order valence-corrected chi connectivity index (χ2v) is 11.2. The fourth-order valence-corrected chi connectivity index (χ4v) is 6.58. The lowest BCUT2D eigenvalue weighted by atomic mass is 10.1. The van der Waals surface area contributed by atoms with E-state index in [1.54, 1.807) is 0 Å². The molecule has 43 heavy (non-hydrogen) atoms. The Morgan fingerprint density at radius 3 is 1.98 bits per heavy atom. The zero-order valence-corrected chi connectivity index (χ0v) is 25.6. The maximum Gasteiger partial charge on any atom is 0.121 e. The highest BCUT2D eigenvalue weighted by Gasteiger charge is 2.15. The van der Waals surface area contributed by atoms with Crippen molar-refractivity contribution < 1.29 is 4.74 Å². The molecule has 0 aliphatic heterocycles. The first kappa shape index (κ1) is 28.8. The molecule has 0 radical (unpaired) electrons. The van der Waals surface area contributed by atoms with E-state index < -0.39 is 0 Å². The number of rotatable bonds is 10. The van der Waals surface area contributed by atoms with Gasteiger partial charge < -0.3 is 13.9 Å². The Kier molecular flexibility index (Phi) is 8.35. The van der Waals surface area contributed by atoms with E-state index in [1.807, 2.05) is 12.4 Å². The van der Waals surface area contributed by atoms with E-state index in [9.17, 15) is 0 Å². The molecule has 218 valence electrons. The van der Waals surface area contributed by atoms with Gasteiger partial charge in [-0.3, -0.25) is 9.97 Å². The van der Waals surface area contributed by atoms with E-state index in [2.05, 4.69) is 118 Å². The summed E-state index contributed by atoms with van der Waals surface area (Å²) in [5.74, 6) is 0.928. The Hall–Kier alpha value is -4.35. The molecule has 7 aromatic rings. The molecule has 7 rings (SSSR count). The summed E-state index contributed by atoms with van der Waals surface area (Å²) in [6, 6.07) is 30.3. The fourth-order valence-electron chi connectivity index (χ4n) is 6.58. The van der Waals surface area contributed by atoms with Gasteiger partial charge >= 0.3 is 0 Å². The smallest absolute Gasteiger partial charge is 0.121 e. The van der Waals surface area contributed by atoms with Crippen LogP contribution >= 0.6 is 12.4 Å². The normalized spacial score (nSPS) is 11.5. The second-order valence-electron chi connectivity index (χ2n) is 11.2. The van der Waals surface area contributed by atoms with Gasteiger partial charge in [-0.05, 0) is 75.4 Å². The van der Waals surface area contributed by atoms with Crippen LogP contribution in [0.1, 0.15) is 36.2 Å². The molecule has 0 bridgehead atoms. The molecule has 0 N–H and O–H groups in total. The van der Waals surface area contributed by atoms with E-state index >= 15 is 0 Å². The van der Waals surface area contributed by atoms with Crippen LogP contribution in [0.5, 0.6) is 5.75 Å². The van der Waals surface area contributed by atoms with E-state index in [-0.39, 0.29) is 12.4 Å². The first-order chi connectivity index (χ1) is 20.7. The molecule has 0 saturated carbocycles. The van der Waals surface area contributed by atoms with Gasteiger partial charge in [0.25, 0.3) is 0 Å². The van der Waals surface area contributed by atoms with Crippen molar-refractivity contribution in [2.24, 2.45) is 0 Å². The molecule has 5 nitrogen and oxygen atoms in total. The Balaban J connectivity index is 0.00000329. The summed E-state index contributed by atoms with van der Waals surface area (Å²) in [7, 11) is 0. The number of aryl methyl sites for hydroxylation is 5. The van der Waals surface area contributed by atoms with Crippen molar-refractivity contribution in [1.29, 1.82) is 0 Å². The molecule has 6 heteroatoms. The third-order valence-electron chi connectivity index (χ3n) is 8.52. The van der Waals surface area contributed by atoms with Crippen LogP contribution in [0.3, 0.4) is 0 Å². The Bertz CT molecular complexity index is 2030. The van der Waals surface area contributed by atoms with Gasteiger partial charge in [0, 0.05) is 58.6 Å². The van der Waals surface area contributed by atoms with E-state index in [0.29, 0.717) is 6.61 Å². The molecule has 3 aromatic carbocycles. The fraction of sp³-hybridized carbons (Fsp3) is 0.243. The lowest BCUT2D eigenvalue weighted by molar-refractivity contribution is 0.304. The van der Waals surface area contributed by atoms with Crippen LogP contribution in [-0.2, 0) is 19.5 Å². The van der Waals surface area contributed by atoms with Gasteiger partial charge in [0.2, 0.25) is 0 Å². The molecule has 4 aromatic heterocycles. The average Bonchev–Trinajstić information content (AvgIpc) is 3.51. The van der Waals surface area contributed by atoms with Crippen molar-refractivity contribution in [3.05, 3.63) is 114 Å². The zero-order valence-electron chi connectivity index (χ0n) is 24.8. The molecule has 0 amide bonds. The number of benzene rings is 3. The molecule has 0 fully saturated rings. The lowest BCUT2D eigenvalue weighted by Crippen LogP contribution is -2.04. The van der Waals surface area contributed by atoms with Crippen LogP contribution in [0.4, 0.5) is 0 Å². The van der Waals surface area contributed by atoms with Crippen molar-refractivity contribution >= 4 is 56.0 Å². The largest absolute Gasteiger partial charge is 0.494 e. The Morgan fingerprint density at radius 1 is 0.605 bits per heavy atom. The summed E-state index contributed by atoms with van der Waals surface area (Å²) in [6.45, 7) is 6.80. The van der Waals surface area contributed by atoms with Crippen molar-refractivity contribution in [3.63, 3.8) is 0 Å². The molecule has 0 aliphatic carbocycles. The minimum Gasteiger partial charge on any atom is -0.494 e. The third kappa shape index (κ3) is 5.46. The summed E-state index contributed by atoms with van der Waals surface area (Å²) in [6.07, 6.45) is 7.98. The van der Waals surface area contributed by atoms with E-state index in [4.69, 9.17) is 4.74 Å². The van der Waals surface area contributed by atoms with Crippen LogP contribution in [0, 0.1) is 13.8 Å². The maximum absolute atomic E-state index is 6.34. The highest BCUT2D eigenvalue weighted by Crippen LogP contribution is 2.34. The summed E-state index contributed by atoms with van der Waals surface area (Å²) in [5, 5.41) is 5.11. The SMILES string of the molecule is Cc1nccc2c3ccccc3n(CCCCOc3ccc4c5ccnc(C)c5n(CCCc5ccccc5)c4c3)c12.Cl. The second kappa shape index (κ2) is 12.5. The number of nitrogens with zero attached hydrogens (tertiary/aromatic N) is 4. The highest BCUT2D eigenvalue weighted by molar-refractivity contribution is 6.09. The number of hydrogen-bond donors (Lipinski definition) is 0. The minimum absolute atomic E-state index is 0. The summed E-state index contributed by atoms with van der Waals surface area (Å²) in [4.78, 5) is 9.21. The number of aromatic nitrogens is 4. The molecular weight excluding hydrogens is 552 g/mol. The van der Waals surface area contributed by atoms with Gasteiger partial charge in [-0.1, -0.05) is 48.5 Å². The quantitative estimate of drug-likeness (QED) is 0.150. The van der Waals surface area contributed by atoms with Gasteiger partial charge in [-0.25, -0.2) is 0 Å². The van der Waals surface area contributed by atoms with Gasteiger partial charge in [0.15, 0.2) is 0 Å². The standard InChI is InChI=1S/C37H36N4O.ClH/c1-26-36-32(18-20-38-26)30-14-6-7-15-34(30)40(36)22-8-9-24-42-29-16-17-31-33-19-21-39-27(2)37(33)41(35(31)25-29)23-10-13-28-11-4-3-5-12-28;/h3-7,11-12,14-21,25H,8-10,13,22-24H2,1-2H3;1H. The molecule has 0 atom stereocenters. The van der Waals surface area contributed by atoms with Gasteiger partial charge in [0.1, 0.15) is 5.75 Å². The molecule has 0 unspecified atom stereocenters. The molecular formula is C37H37ClN4O. The first-order valence-corrected chi connectivity index (χ1v) is 15.1. The Labute approximate surface area is 258 Å². The van der Waals surface area contributed by atoms with Crippen LogP contribution in [0.15, 0.2) is 97.3 Å². The minimum atomic E-state index is 0. The number of hydrogen-bond acceptors (Lipinski definition) is 3. The maximum atomic E-state index is 6.34. The van der Waals surface area contributed by atoms with Crippen molar-refractivity contribution in [2.75, 3.05) is 6.61 Å². The Morgan fingerprint density at radius 2 is 1.23 bits per heavy atom. The number of para-hydroxylation sites is 1. The predicted octanol–water partition coefficient (Wildman–Crippen LogP) is 9.22. The summed E-state index contributed by atoms with van der Waals surface area (Å²) < 4.78 is 11.2. The summed E-state index contributed by atoms with van der Waals surface area (Å²) >= 11 is 0. The number of ether oxygens (including phenoxy) is 1. The third-order valence-corrected chi connectivity index (χ3v) is 8.52. The van der Waals surface area contributed by atoms with Crippen molar-refractivity contribution in [2.45, 2.75) is 52.6 Å². The topological polar surface area (TPSA) is 44.9 Å². The lowest BCUT2D eigenvalue weighted by Gasteiger charge is -2.11. The number of unbranched alkanes of at least 4 members (excludes halogenated alkanes) is 1. The summed E-state index contributed by atoms with van der Waals surface area (Å²) in [5.41, 5.74) is 8.51. The molecule has 0 saturated heterocycles. The van der Waals surface area contributed by atoms with Gasteiger partial charge in [-0.15, -0.1) is 12.4 Å². The van der Waals surface area contributed by atoms with Crippen molar-refractivity contribution in [1.82, 2.24) is 19.1 Å². The van der Waals surface area contributed by atoms with Crippen LogP contribution in [-0.4, -0.2) is 25.7 Å². The van der Waals surface area contributed by atoms with Crippen LogP contribution in [0.25, 0.3) is 43.6 Å². The monoisotopic (exact) mass is 588 g/mol. The highest BCUT2D eigenvalue weighted by atomic mass is 35.5. The van der Waals surface area contributed by atoms with Crippen LogP contribution in [0.2, 0.25) is 0 Å². The predicted molar refractivity (Wildman–Crippen MR) is 181 cm³/mol. The number of pyridine rings is 2. The van der Waals surface area contributed by atoms with E-state index in [0.717, 1.165) is 55.9 Å². The van der Waals surface area contributed by atoms with Gasteiger partial charge in [0.05, 0.1) is 34.5 Å². The van der Waals surface area contributed by atoms with Crippen molar-refractivity contribution in [3.8, 4) is 5.75 Å². The number of halogens is 1. The zero-order chi connectivity index (χ0) is 28.5. The van der Waals surface area contributed by atoms with E-state index in [1.165, 1.54) is 49.2 Å². The average molecular weight is 589 g/mol. The molecule has 0 spiro atoms. The number of fused-ring (bicyclic) bond motifs is 6.